The van der Waals surface area contributed by atoms with Crippen LogP contribution in [0.15, 0.2) is 66.7 Å². The van der Waals surface area contributed by atoms with Gasteiger partial charge >= 0.3 is 0 Å². The van der Waals surface area contributed by atoms with Crippen LogP contribution in [0.4, 0.5) is 8.78 Å². The summed E-state index contributed by atoms with van der Waals surface area (Å²) in [5.74, 6) is 0.412. The van der Waals surface area contributed by atoms with Gasteiger partial charge in [-0.25, -0.2) is 8.78 Å². The summed E-state index contributed by atoms with van der Waals surface area (Å²) in [6.45, 7) is 1.21. The molecule has 4 saturated carbocycles. The molecule has 4 aliphatic carbocycles. The lowest BCUT2D eigenvalue weighted by Crippen LogP contribution is -2.69. The molecule has 206 valence electrons. The first-order valence-corrected chi connectivity index (χ1v) is 14.3. The Bertz CT molecular complexity index is 1470. The second kappa shape index (κ2) is 9.51. The highest BCUT2D eigenvalue weighted by Crippen LogP contribution is 2.57. The van der Waals surface area contributed by atoms with Crippen LogP contribution in [0.3, 0.4) is 0 Å². The summed E-state index contributed by atoms with van der Waals surface area (Å²) in [6, 6.07) is 18.5. The van der Waals surface area contributed by atoms with Crippen molar-refractivity contribution in [1.29, 1.82) is 0 Å². The molecule has 0 spiro atoms. The van der Waals surface area contributed by atoms with Crippen molar-refractivity contribution in [2.75, 3.05) is 6.54 Å². The number of amides is 2. The Morgan fingerprint density at radius 3 is 2.30 bits per heavy atom. The fourth-order valence-electron chi connectivity index (χ4n) is 8.34. The van der Waals surface area contributed by atoms with Crippen molar-refractivity contribution in [3.05, 3.63) is 95.1 Å². The molecule has 5 aliphatic rings. The van der Waals surface area contributed by atoms with E-state index in [2.05, 4.69) is 10.6 Å². The first kappa shape index (κ1) is 25.4. The van der Waals surface area contributed by atoms with Gasteiger partial charge in [0.2, 0.25) is 5.91 Å². The Morgan fingerprint density at radius 2 is 1.55 bits per heavy atom. The molecule has 8 rings (SSSR count). The van der Waals surface area contributed by atoms with Gasteiger partial charge in [0.15, 0.2) is 0 Å². The molecular weight excluding hydrogens is 508 g/mol. The topological polar surface area (TPSA) is 61.4 Å². The van der Waals surface area contributed by atoms with Gasteiger partial charge in [0, 0.05) is 35.3 Å². The number of halogens is 2. The van der Waals surface area contributed by atoms with Crippen molar-refractivity contribution >= 4 is 11.8 Å². The first-order valence-electron chi connectivity index (χ1n) is 14.3. The quantitative estimate of drug-likeness (QED) is 0.428. The van der Waals surface area contributed by atoms with E-state index in [1.54, 1.807) is 53.4 Å². The number of nitrogens with one attached hydrogen (secondary N) is 2. The standard InChI is InChI=1S/C33H33F2N3O2/c34-27-10-9-25-18-38(19-26(25)12-27)30(39)17-36-32-13-21-11-22(14-32)16-33(15-21,20-32)37-31(40)24-7-5-23(6-8-24)28-3-1-2-4-29(28)35/h1-10,12,21-22,36H,11,13-20H2,(H,37,40). The Balaban J connectivity index is 1.02. The second-order valence-corrected chi connectivity index (χ2v) is 12.5. The summed E-state index contributed by atoms with van der Waals surface area (Å²) in [4.78, 5) is 28.4. The van der Waals surface area contributed by atoms with E-state index in [-0.39, 0.29) is 41.1 Å². The van der Waals surface area contributed by atoms with E-state index in [9.17, 15) is 18.4 Å². The maximum absolute atomic E-state index is 14.2. The summed E-state index contributed by atoms with van der Waals surface area (Å²) >= 11 is 0. The number of hydrogen-bond acceptors (Lipinski definition) is 3. The summed E-state index contributed by atoms with van der Waals surface area (Å²) in [7, 11) is 0. The van der Waals surface area contributed by atoms with Crippen LogP contribution in [0.5, 0.6) is 0 Å². The third-order valence-corrected chi connectivity index (χ3v) is 9.63. The highest BCUT2D eigenvalue weighted by atomic mass is 19.1. The van der Waals surface area contributed by atoms with Crippen LogP contribution in [0.25, 0.3) is 11.1 Å². The lowest BCUT2D eigenvalue weighted by molar-refractivity contribution is -0.132. The zero-order valence-electron chi connectivity index (χ0n) is 22.4. The SMILES string of the molecule is O=C(NC12CC3CC(CC(NCC(=O)N4Cc5ccc(F)cc5C4)(C3)C1)C2)c1ccc(-c2ccccc2F)cc1. The van der Waals surface area contributed by atoms with E-state index in [0.29, 0.717) is 36.1 Å². The van der Waals surface area contributed by atoms with Gasteiger partial charge in [0.05, 0.1) is 6.54 Å². The lowest BCUT2D eigenvalue weighted by Gasteiger charge is -2.62. The van der Waals surface area contributed by atoms with Crippen molar-refractivity contribution in [3.63, 3.8) is 0 Å². The van der Waals surface area contributed by atoms with Crippen LogP contribution in [0, 0.1) is 23.5 Å². The van der Waals surface area contributed by atoms with Gasteiger partial charge in [-0.15, -0.1) is 0 Å². The van der Waals surface area contributed by atoms with E-state index in [4.69, 9.17) is 0 Å². The van der Waals surface area contributed by atoms with Gasteiger partial charge in [-0.05, 0) is 97.4 Å². The van der Waals surface area contributed by atoms with E-state index in [1.807, 2.05) is 0 Å². The monoisotopic (exact) mass is 541 g/mol. The third-order valence-electron chi connectivity index (χ3n) is 9.63. The molecular formula is C33H33F2N3O2. The van der Waals surface area contributed by atoms with Gasteiger partial charge < -0.3 is 15.5 Å². The molecule has 7 heteroatoms. The fraction of sp³-hybridized carbons (Fsp3) is 0.394. The maximum atomic E-state index is 14.2. The molecule has 0 aromatic heterocycles. The Morgan fingerprint density at radius 1 is 0.850 bits per heavy atom. The van der Waals surface area contributed by atoms with Gasteiger partial charge in [-0.2, -0.15) is 0 Å². The molecule has 2 N–H and O–H groups in total. The summed E-state index contributed by atoms with van der Waals surface area (Å²) < 4.78 is 27.9. The van der Waals surface area contributed by atoms with Crippen LogP contribution in [-0.2, 0) is 17.9 Å². The average molecular weight is 542 g/mol. The predicted molar refractivity (Wildman–Crippen MR) is 148 cm³/mol. The Labute approximate surface area is 233 Å². The van der Waals surface area contributed by atoms with Crippen LogP contribution < -0.4 is 10.6 Å². The molecule has 2 atom stereocenters. The first-order chi connectivity index (χ1) is 19.3. The Hall–Kier alpha value is -3.58. The van der Waals surface area contributed by atoms with Crippen LogP contribution >= 0.6 is 0 Å². The van der Waals surface area contributed by atoms with Crippen LogP contribution in [-0.4, -0.2) is 34.3 Å². The number of carbonyl (C=O) groups excluding carboxylic acids is 2. The zero-order valence-corrected chi connectivity index (χ0v) is 22.4. The molecule has 4 bridgehead atoms. The van der Waals surface area contributed by atoms with Gasteiger partial charge in [0.1, 0.15) is 11.6 Å². The smallest absolute Gasteiger partial charge is 0.251 e. The highest BCUT2D eigenvalue weighted by Gasteiger charge is 2.58. The molecule has 4 fully saturated rings. The minimum absolute atomic E-state index is 0.0281. The Kier molecular flexibility index (Phi) is 6.04. The van der Waals surface area contributed by atoms with Crippen molar-refractivity contribution in [2.45, 2.75) is 62.7 Å². The minimum atomic E-state index is -0.289. The zero-order chi connectivity index (χ0) is 27.5. The van der Waals surface area contributed by atoms with Gasteiger partial charge in [-0.3, -0.25) is 9.59 Å². The molecule has 40 heavy (non-hydrogen) atoms. The number of carbonyl (C=O) groups is 2. The molecule has 2 amide bonds. The van der Waals surface area contributed by atoms with Crippen molar-refractivity contribution < 1.29 is 18.4 Å². The molecule has 3 aromatic rings. The molecule has 5 nitrogen and oxygen atoms in total. The summed E-state index contributed by atoms with van der Waals surface area (Å²) in [6.07, 6.45) is 5.97. The minimum Gasteiger partial charge on any atom is -0.347 e. The normalized spacial score (nSPS) is 28.0. The van der Waals surface area contributed by atoms with E-state index < -0.39 is 0 Å². The van der Waals surface area contributed by atoms with Crippen molar-refractivity contribution in [1.82, 2.24) is 15.5 Å². The van der Waals surface area contributed by atoms with E-state index >= 15 is 0 Å². The molecule has 0 saturated heterocycles. The van der Waals surface area contributed by atoms with Crippen LogP contribution in [0.1, 0.15) is 60.0 Å². The van der Waals surface area contributed by atoms with Gasteiger partial charge in [-0.1, -0.05) is 36.4 Å². The number of hydrogen-bond donors (Lipinski definition) is 2. The molecule has 1 aliphatic heterocycles. The van der Waals surface area contributed by atoms with E-state index in [1.165, 1.54) is 24.6 Å². The van der Waals surface area contributed by atoms with Crippen molar-refractivity contribution in [2.24, 2.45) is 11.8 Å². The van der Waals surface area contributed by atoms with Crippen LogP contribution in [0.2, 0.25) is 0 Å². The molecule has 3 aromatic carbocycles. The van der Waals surface area contributed by atoms with Crippen molar-refractivity contribution in [3.8, 4) is 11.1 Å². The fourth-order valence-corrected chi connectivity index (χ4v) is 8.34. The largest absolute Gasteiger partial charge is 0.347 e. The number of benzene rings is 3. The third kappa shape index (κ3) is 4.60. The van der Waals surface area contributed by atoms with E-state index in [0.717, 1.165) is 48.8 Å². The molecule has 0 radical (unpaired) electrons. The number of nitrogens with zero attached hydrogens (tertiary/aromatic N) is 1. The average Bonchev–Trinajstić information content (AvgIpc) is 3.35. The molecule has 1 heterocycles. The number of fused-ring (bicyclic) bond motifs is 1. The predicted octanol–water partition coefficient (Wildman–Crippen LogP) is 5.59. The summed E-state index contributed by atoms with van der Waals surface area (Å²) in [5, 5.41) is 7.07. The van der Waals surface area contributed by atoms with Gasteiger partial charge in [0.25, 0.3) is 5.91 Å². The number of rotatable bonds is 6. The summed E-state index contributed by atoms with van der Waals surface area (Å²) in [5.41, 5.74) is 3.26. The second-order valence-electron chi connectivity index (χ2n) is 12.5. The lowest BCUT2D eigenvalue weighted by atomic mass is 9.50. The molecule has 2 unspecified atom stereocenters. The maximum Gasteiger partial charge on any atom is 0.251 e. The highest BCUT2D eigenvalue weighted by molar-refractivity contribution is 5.95.